The Bertz CT molecular complexity index is 1850. The lowest BCUT2D eigenvalue weighted by atomic mass is 9.42. The van der Waals surface area contributed by atoms with Gasteiger partial charge in [0.2, 0.25) is 0 Å². The number of carbonyl (C=O) groups is 2. The summed E-state index contributed by atoms with van der Waals surface area (Å²) in [6.45, 7) is 10.3. The Morgan fingerprint density at radius 3 is 1.93 bits per heavy atom. The van der Waals surface area contributed by atoms with E-state index in [1.165, 1.54) is 6.92 Å². The van der Waals surface area contributed by atoms with Crippen molar-refractivity contribution in [3.63, 3.8) is 0 Å². The lowest BCUT2D eigenvalue weighted by Crippen LogP contribution is -2.67. The SMILES string of the molecule is CC(=O)O[C@H]1C[C@H](OC2[C@@H](O)C[C@H](O[C@H]3[C@@H](O)C[C@H](O[C@H]4CC[C@@]5(C)[C@H](CC[C@@H]6[C@@H]5C[C@@H](O)[C@]5(C)[C@@H](C7=CC(=O)OC7)CC[C@]65O)C4)O[C@@H]3C)O[C@@H]2C)O[C@H](C)[C@H]1O[C@@H]1O[C@H](CO)[C@@H](O)[C@H](O)[C@H]1O. The van der Waals surface area contributed by atoms with Crippen molar-refractivity contribution in [2.75, 3.05) is 13.2 Å². The molecule has 0 aromatic rings. The second kappa shape index (κ2) is 20.0. The van der Waals surface area contributed by atoms with Gasteiger partial charge in [0.1, 0.15) is 55.4 Å². The summed E-state index contributed by atoms with van der Waals surface area (Å²) < 4.78 is 60.1. The number of esters is 2. The third kappa shape index (κ3) is 9.48. The Labute approximate surface area is 402 Å². The number of hydrogen-bond acceptors (Lipinski definition) is 20. The number of hydrogen-bond donors (Lipinski definition) is 8. The molecule has 20 heteroatoms. The predicted octanol–water partition coefficient (Wildman–Crippen LogP) is 0.613. The molecule has 0 aromatic carbocycles. The normalized spacial score (nSPS) is 53.3. The van der Waals surface area contributed by atoms with Crippen molar-refractivity contribution in [2.45, 2.75) is 234 Å². The monoisotopic (exact) mass is 984 g/mol. The third-order valence-corrected chi connectivity index (χ3v) is 18.4. The first-order valence-electron chi connectivity index (χ1n) is 25.3. The van der Waals surface area contributed by atoms with Crippen LogP contribution in [0.3, 0.4) is 0 Å². The third-order valence-electron chi connectivity index (χ3n) is 18.4. The average Bonchev–Trinajstić information content (AvgIpc) is 3.84. The Kier molecular flexibility index (Phi) is 15.1. The molecule has 0 amide bonds. The zero-order chi connectivity index (χ0) is 49.5. The quantitative estimate of drug-likeness (QED) is 0.104. The van der Waals surface area contributed by atoms with Crippen molar-refractivity contribution in [3.05, 3.63) is 11.6 Å². The maximum absolute atomic E-state index is 12.6. The van der Waals surface area contributed by atoms with Crippen LogP contribution < -0.4 is 0 Å². The summed E-state index contributed by atoms with van der Waals surface area (Å²) in [5.41, 5.74) is -1.01. The van der Waals surface area contributed by atoms with Crippen LogP contribution >= 0.6 is 0 Å². The van der Waals surface area contributed by atoms with Gasteiger partial charge in [-0.15, -0.1) is 0 Å². The summed E-state index contributed by atoms with van der Waals surface area (Å²) in [5.74, 6) is -0.580. The van der Waals surface area contributed by atoms with Gasteiger partial charge in [0, 0.05) is 37.7 Å². The fourth-order valence-corrected chi connectivity index (χ4v) is 14.6. The van der Waals surface area contributed by atoms with Gasteiger partial charge >= 0.3 is 11.9 Å². The van der Waals surface area contributed by atoms with Crippen molar-refractivity contribution >= 4 is 11.9 Å². The van der Waals surface area contributed by atoms with Crippen LogP contribution in [0.4, 0.5) is 0 Å². The molecule has 26 atom stereocenters. The van der Waals surface area contributed by atoms with E-state index in [0.29, 0.717) is 25.2 Å². The first kappa shape index (κ1) is 51.9. The molecule has 0 aromatic heterocycles. The van der Waals surface area contributed by atoms with E-state index in [1.807, 2.05) is 6.92 Å². The summed E-state index contributed by atoms with van der Waals surface area (Å²) in [5, 5.41) is 88.1. The summed E-state index contributed by atoms with van der Waals surface area (Å²) in [4.78, 5) is 24.2. The van der Waals surface area contributed by atoms with Crippen LogP contribution in [0.5, 0.6) is 0 Å². The van der Waals surface area contributed by atoms with Crippen molar-refractivity contribution in [2.24, 2.45) is 34.5 Å². The van der Waals surface area contributed by atoms with E-state index in [2.05, 4.69) is 6.92 Å². The molecule has 5 aliphatic heterocycles. The minimum Gasteiger partial charge on any atom is -0.459 e. The van der Waals surface area contributed by atoms with Crippen molar-refractivity contribution in [1.82, 2.24) is 0 Å². The molecule has 69 heavy (non-hydrogen) atoms. The van der Waals surface area contributed by atoms with Gasteiger partial charge < -0.3 is 88.2 Å². The van der Waals surface area contributed by atoms with Crippen molar-refractivity contribution in [3.8, 4) is 0 Å². The summed E-state index contributed by atoms with van der Waals surface area (Å²) >= 11 is 0. The van der Waals surface area contributed by atoms with Crippen molar-refractivity contribution < 1.29 is 97.8 Å². The Hall–Kier alpha value is -1.96. The fourth-order valence-electron chi connectivity index (χ4n) is 14.6. The highest BCUT2D eigenvalue weighted by Gasteiger charge is 2.71. The van der Waals surface area contributed by atoms with Crippen LogP contribution in [0, 0.1) is 34.5 Å². The lowest BCUT2D eigenvalue weighted by Gasteiger charge is -2.65. The lowest BCUT2D eigenvalue weighted by molar-refractivity contribution is -0.355. The zero-order valence-corrected chi connectivity index (χ0v) is 40.5. The van der Waals surface area contributed by atoms with Crippen LogP contribution in [0.1, 0.15) is 112 Å². The minimum atomic E-state index is -1.69. The number of rotatable bonds is 11. The van der Waals surface area contributed by atoms with E-state index in [1.54, 1.807) is 26.8 Å². The highest BCUT2D eigenvalue weighted by atomic mass is 16.8. The largest absolute Gasteiger partial charge is 0.459 e. The number of ether oxygens (including phenoxy) is 10. The number of aliphatic hydroxyl groups is 8. The molecule has 4 saturated heterocycles. The topological polar surface area (TPSA) is 288 Å². The first-order chi connectivity index (χ1) is 32.6. The Morgan fingerprint density at radius 2 is 1.33 bits per heavy atom. The molecule has 4 saturated carbocycles. The van der Waals surface area contributed by atoms with E-state index < -0.39 is 134 Å². The average molecular weight is 985 g/mol. The molecule has 392 valence electrons. The Morgan fingerprint density at radius 1 is 0.710 bits per heavy atom. The highest BCUT2D eigenvalue weighted by Crippen LogP contribution is 2.70. The number of cyclic esters (lactones) is 1. The molecule has 0 bridgehead atoms. The van der Waals surface area contributed by atoms with Crippen molar-refractivity contribution in [1.29, 1.82) is 0 Å². The standard InChI is InChI=1S/C49H76O20/c1-21-43(67-38-17-32(53)44(22(2)62-38)68-39-18-33(64-24(4)51)45(23(3)63-39)69-46-42(58)41(57)40(56)34(19-50)66-46)31(52)16-37(61-21)65-27-9-11-47(5)26(14-27)7-8-29-30(47)15-35(54)48(6)28(10-12-49(29,48)59)25-13-36(55)60-20-25/h13,21-23,26-35,37-46,50,52-54,56-59H,7-12,14-20H2,1-6H3/t21-,22-,23-,26-,27+,28-,29-,30+,31+,32+,33+,34-,35-,37+,38+,39+,40-,41+,42-,43-,44?,45-,46+,47+,48+,49+/m1/s1. The molecule has 1 unspecified atom stereocenters. The number of fused-ring (bicyclic) bond motifs is 5. The van der Waals surface area contributed by atoms with Gasteiger partial charge in [-0.2, -0.15) is 0 Å². The molecular weight excluding hydrogens is 909 g/mol. The van der Waals surface area contributed by atoms with Crippen LogP contribution in [-0.2, 0) is 57.0 Å². The molecular formula is C49H76O20. The molecule has 4 aliphatic carbocycles. The fraction of sp³-hybridized carbons (Fsp3) is 0.918. The molecule has 5 heterocycles. The Balaban J connectivity index is 0.752. The van der Waals surface area contributed by atoms with Crippen LogP contribution in [0.25, 0.3) is 0 Å². The predicted molar refractivity (Wildman–Crippen MR) is 235 cm³/mol. The molecule has 20 nitrogen and oxygen atoms in total. The molecule has 9 rings (SSSR count). The zero-order valence-electron chi connectivity index (χ0n) is 40.5. The second-order valence-electron chi connectivity index (χ2n) is 22.2. The van der Waals surface area contributed by atoms with E-state index >= 15 is 0 Å². The maximum Gasteiger partial charge on any atom is 0.331 e. The molecule has 0 radical (unpaired) electrons. The van der Waals surface area contributed by atoms with Crippen LogP contribution in [0.2, 0.25) is 0 Å². The highest BCUT2D eigenvalue weighted by molar-refractivity contribution is 5.85. The van der Waals surface area contributed by atoms with Gasteiger partial charge in [-0.3, -0.25) is 4.79 Å². The van der Waals surface area contributed by atoms with Gasteiger partial charge in [0.15, 0.2) is 25.2 Å². The van der Waals surface area contributed by atoms with Gasteiger partial charge in [-0.05, 0) is 107 Å². The number of aliphatic hydroxyl groups excluding tert-OH is 7. The number of carbonyl (C=O) groups excluding carboxylic acids is 2. The van der Waals surface area contributed by atoms with Gasteiger partial charge in [0.25, 0.3) is 0 Å². The van der Waals surface area contributed by atoms with E-state index in [-0.39, 0.29) is 61.1 Å². The van der Waals surface area contributed by atoms with Crippen LogP contribution in [-0.4, -0.2) is 188 Å². The second-order valence-corrected chi connectivity index (χ2v) is 22.2. The first-order valence-corrected chi connectivity index (χ1v) is 25.3. The van der Waals surface area contributed by atoms with E-state index in [9.17, 15) is 50.4 Å². The van der Waals surface area contributed by atoms with E-state index in [4.69, 9.17) is 47.4 Å². The van der Waals surface area contributed by atoms with Gasteiger partial charge in [-0.25, -0.2) is 4.79 Å². The molecule has 8 N–H and O–H groups in total. The maximum atomic E-state index is 12.6. The minimum absolute atomic E-state index is 0.00421. The molecule has 9 aliphatic rings. The van der Waals surface area contributed by atoms with Gasteiger partial charge in [-0.1, -0.05) is 13.8 Å². The van der Waals surface area contributed by atoms with E-state index in [0.717, 1.165) is 37.7 Å². The molecule has 0 spiro atoms. The summed E-state index contributed by atoms with van der Waals surface area (Å²) in [6.07, 6.45) is -11.1. The van der Waals surface area contributed by atoms with Crippen LogP contribution in [0.15, 0.2) is 11.6 Å². The summed E-state index contributed by atoms with van der Waals surface area (Å²) in [7, 11) is 0. The van der Waals surface area contributed by atoms with Gasteiger partial charge in [0.05, 0.1) is 54.9 Å². The molecule has 8 fully saturated rings. The smallest absolute Gasteiger partial charge is 0.331 e. The summed E-state index contributed by atoms with van der Waals surface area (Å²) in [6, 6.07) is 0.